The van der Waals surface area contributed by atoms with Gasteiger partial charge in [0.05, 0.1) is 0 Å². The molecule has 0 aliphatic carbocycles. The van der Waals surface area contributed by atoms with Crippen LogP contribution in [0, 0.1) is 5.92 Å². The fraction of sp³-hybridized carbons (Fsp3) is 1.00. The molecule has 2 saturated heterocycles. The normalized spacial score (nSPS) is 32.4. The van der Waals surface area contributed by atoms with Gasteiger partial charge < -0.3 is 5.32 Å². The van der Waals surface area contributed by atoms with E-state index < -0.39 is 0 Å². The third-order valence-electron chi connectivity index (χ3n) is 3.44. The van der Waals surface area contributed by atoms with Crippen molar-refractivity contribution in [2.75, 3.05) is 19.6 Å². The van der Waals surface area contributed by atoms with Gasteiger partial charge in [0.25, 0.3) is 0 Å². The van der Waals surface area contributed by atoms with Crippen LogP contribution in [0.15, 0.2) is 0 Å². The summed E-state index contributed by atoms with van der Waals surface area (Å²) in [5, 5.41) is 3.50. The van der Waals surface area contributed by atoms with Crippen LogP contribution in [0.1, 0.15) is 40.5 Å². The highest BCUT2D eigenvalue weighted by molar-refractivity contribution is 4.92. The van der Waals surface area contributed by atoms with Gasteiger partial charge in [-0.3, -0.25) is 4.90 Å². The van der Waals surface area contributed by atoms with E-state index in [9.17, 15) is 0 Å². The standard InChI is InChI=1S/C10H20N2.C2H6/c1-8(2)12-6-4-9-3-5-11-7-10(9)12;1-2/h8-11H,3-7H2,1-2H3;1-2H3. The molecule has 1 N–H and O–H groups in total. The number of nitrogens with zero attached hydrogens (tertiary/aromatic N) is 1. The Morgan fingerprint density at radius 1 is 1.21 bits per heavy atom. The fourth-order valence-corrected chi connectivity index (χ4v) is 2.74. The zero-order valence-corrected chi connectivity index (χ0v) is 10.2. The minimum Gasteiger partial charge on any atom is -0.315 e. The first-order valence-corrected chi connectivity index (χ1v) is 6.25. The van der Waals surface area contributed by atoms with Gasteiger partial charge in [-0.15, -0.1) is 0 Å². The van der Waals surface area contributed by atoms with E-state index in [0.717, 1.165) is 18.0 Å². The van der Waals surface area contributed by atoms with E-state index in [1.807, 2.05) is 13.8 Å². The summed E-state index contributed by atoms with van der Waals surface area (Å²) in [7, 11) is 0. The number of hydrogen-bond donors (Lipinski definition) is 1. The van der Waals surface area contributed by atoms with Crippen LogP contribution < -0.4 is 5.32 Å². The van der Waals surface area contributed by atoms with Crippen molar-refractivity contribution in [2.45, 2.75) is 52.6 Å². The quantitative estimate of drug-likeness (QED) is 0.694. The van der Waals surface area contributed by atoms with Crippen molar-refractivity contribution < 1.29 is 0 Å². The monoisotopic (exact) mass is 198 g/mol. The molecule has 84 valence electrons. The minimum absolute atomic E-state index is 0.736. The van der Waals surface area contributed by atoms with E-state index in [4.69, 9.17) is 0 Å². The molecular weight excluding hydrogens is 172 g/mol. The van der Waals surface area contributed by atoms with Gasteiger partial charge in [-0.05, 0) is 45.7 Å². The van der Waals surface area contributed by atoms with Gasteiger partial charge in [-0.1, -0.05) is 13.8 Å². The van der Waals surface area contributed by atoms with Crippen LogP contribution in [0.2, 0.25) is 0 Å². The summed E-state index contributed by atoms with van der Waals surface area (Å²) in [4.78, 5) is 2.66. The van der Waals surface area contributed by atoms with Crippen LogP contribution in [0.25, 0.3) is 0 Å². The summed E-state index contributed by atoms with van der Waals surface area (Å²) in [5.74, 6) is 0.994. The molecule has 0 spiro atoms. The first-order valence-electron chi connectivity index (χ1n) is 6.25. The molecule has 2 fully saturated rings. The Bertz CT molecular complexity index is 156. The van der Waals surface area contributed by atoms with Crippen molar-refractivity contribution in [3.8, 4) is 0 Å². The maximum atomic E-state index is 3.50. The van der Waals surface area contributed by atoms with Crippen LogP contribution in [0.5, 0.6) is 0 Å². The maximum Gasteiger partial charge on any atom is 0.0252 e. The van der Waals surface area contributed by atoms with Crippen LogP contribution in [0.3, 0.4) is 0 Å². The van der Waals surface area contributed by atoms with Crippen molar-refractivity contribution in [1.29, 1.82) is 0 Å². The largest absolute Gasteiger partial charge is 0.315 e. The molecule has 2 heteroatoms. The van der Waals surface area contributed by atoms with Gasteiger partial charge in [0.2, 0.25) is 0 Å². The van der Waals surface area contributed by atoms with Crippen molar-refractivity contribution in [3.05, 3.63) is 0 Å². The lowest BCUT2D eigenvalue weighted by atomic mass is 9.93. The summed E-state index contributed by atoms with van der Waals surface area (Å²) in [5.41, 5.74) is 0. The SMILES string of the molecule is CC.CC(C)N1CCC2CCNCC21. The summed E-state index contributed by atoms with van der Waals surface area (Å²) >= 11 is 0. The molecule has 0 saturated carbocycles. The van der Waals surface area contributed by atoms with Crippen molar-refractivity contribution in [1.82, 2.24) is 10.2 Å². The van der Waals surface area contributed by atoms with Crippen LogP contribution in [-0.2, 0) is 0 Å². The van der Waals surface area contributed by atoms with E-state index >= 15 is 0 Å². The molecule has 0 aromatic heterocycles. The highest BCUT2D eigenvalue weighted by atomic mass is 15.2. The number of likely N-dealkylation sites (tertiary alicyclic amines) is 1. The molecule has 14 heavy (non-hydrogen) atoms. The molecule has 0 radical (unpaired) electrons. The Hall–Kier alpha value is -0.0800. The molecule has 0 aromatic rings. The van der Waals surface area contributed by atoms with E-state index in [0.29, 0.717) is 0 Å². The van der Waals surface area contributed by atoms with Crippen LogP contribution in [-0.4, -0.2) is 36.6 Å². The number of piperidine rings is 1. The Labute approximate surface area is 89.1 Å². The van der Waals surface area contributed by atoms with E-state index in [2.05, 4.69) is 24.1 Å². The molecule has 2 nitrogen and oxygen atoms in total. The molecule has 0 aromatic carbocycles. The highest BCUT2D eigenvalue weighted by Gasteiger charge is 2.36. The van der Waals surface area contributed by atoms with Gasteiger partial charge in [0.1, 0.15) is 0 Å². The second-order valence-corrected chi connectivity index (χ2v) is 4.44. The van der Waals surface area contributed by atoms with Gasteiger partial charge in [-0.2, -0.15) is 0 Å². The smallest absolute Gasteiger partial charge is 0.0252 e. The molecule has 2 aliphatic heterocycles. The highest BCUT2D eigenvalue weighted by Crippen LogP contribution is 2.29. The predicted octanol–water partition coefficient (Wildman–Crippen LogP) is 2.10. The summed E-state index contributed by atoms with van der Waals surface area (Å²) in [6.45, 7) is 12.4. The lowest BCUT2D eigenvalue weighted by Gasteiger charge is -2.34. The van der Waals surface area contributed by atoms with Crippen LogP contribution in [0.4, 0.5) is 0 Å². The third-order valence-corrected chi connectivity index (χ3v) is 3.44. The van der Waals surface area contributed by atoms with Gasteiger partial charge in [0, 0.05) is 18.6 Å². The van der Waals surface area contributed by atoms with Gasteiger partial charge in [0.15, 0.2) is 0 Å². The predicted molar refractivity (Wildman–Crippen MR) is 62.6 cm³/mol. The average molecular weight is 198 g/mol. The second-order valence-electron chi connectivity index (χ2n) is 4.44. The zero-order valence-electron chi connectivity index (χ0n) is 10.2. The number of hydrogen-bond acceptors (Lipinski definition) is 2. The lowest BCUT2D eigenvalue weighted by Crippen LogP contribution is -2.48. The van der Waals surface area contributed by atoms with Crippen molar-refractivity contribution in [3.63, 3.8) is 0 Å². The fourth-order valence-electron chi connectivity index (χ4n) is 2.74. The summed E-state index contributed by atoms with van der Waals surface area (Å²) in [6.07, 6.45) is 2.83. The van der Waals surface area contributed by atoms with Crippen LogP contribution >= 0.6 is 0 Å². The zero-order chi connectivity index (χ0) is 10.6. The lowest BCUT2D eigenvalue weighted by molar-refractivity contribution is 0.159. The molecule has 2 unspecified atom stereocenters. The van der Waals surface area contributed by atoms with Gasteiger partial charge >= 0.3 is 0 Å². The van der Waals surface area contributed by atoms with E-state index in [-0.39, 0.29) is 0 Å². The Morgan fingerprint density at radius 2 is 1.93 bits per heavy atom. The van der Waals surface area contributed by atoms with Crippen molar-refractivity contribution in [2.24, 2.45) is 5.92 Å². The van der Waals surface area contributed by atoms with E-state index in [1.54, 1.807) is 0 Å². The maximum absolute atomic E-state index is 3.50. The Balaban J connectivity index is 0.000000461. The molecular formula is C12H26N2. The number of fused-ring (bicyclic) bond motifs is 1. The average Bonchev–Trinajstić information content (AvgIpc) is 2.64. The molecule has 0 amide bonds. The van der Waals surface area contributed by atoms with Gasteiger partial charge in [-0.25, -0.2) is 0 Å². The van der Waals surface area contributed by atoms with Crippen molar-refractivity contribution >= 4 is 0 Å². The minimum atomic E-state index is 0.736. The molecule has 2 aliphatic rings. The first-order chi connectivity index (χ1) is 6.79. The summed E-state index contributed by atoms with van der Waals surface area (Å²) in [6, 6.07) is 1.58. The molecule has 2 heterocycles. The van der Waals surface area contributed by atoms with E-state index in [1.165, 1.54) is 32.5 Å². The summed E-state index contributed by atoms with van der Waals surface area (Å²) < 4.78 is 0. The second kappa shape index (κ2) is 5.72. The number of nitrogens with one attached hydrogen (secondary N) is 1. The first kappa shape index (κ1) is 12.0. The topological polar surface area (TPSA) is 15.3 Å². The molecule has 0 bridgehead atoms. The molecule has 2 rings (SSSR count). The molecule has 2 atom stereocenters. The third kappa shape index (κ3) is 2.48. The number of rotatable bonds is 1. The Kier molecular flexibility index (Phi) is 4.90. The Morgan fingerprint density at radius 3 is 2.57 bits per heavy atom.